The fourth-order valence-electron chi connectivity index (χ4n) is 1.51. The number of hydrogen-bond donors (Lipinski definition) is 3. The van der Waals surface area contributed by atoms with Gasteiger partial charge in [-0.3, -0.25) is 5.32 Å². The Morgan fingerprint density at radius 2 is 2.10 bits per heavy atom. The minimum atomic E-state index is -1.46. The molecule has 0 radical (unpaired) electrons. The van der Waals surface area contributed by atoms with E-state index in [0.717, 1.165) is 11.8 Å². The van der Waals surface area contributed by atoms with Gasteiger partial charge in [-0.25, -0.2) is 19.0 Å². The lowest BCUT2D eigenvalue weighted by Crippen LogP contribution is -2.21. The molecule has 0 atom stereocenters. The van der Waals surface area contributed by atoms with Gasteiger partial charge in [-0.2, -0.15) is 0 Å². The lowest BCUT2D eigenvalue weighted by molar-refractivity contribution is 0.0693. The van der Waals surface area contributed by atoms with Gasteiger partial charge in [0.1, 0.15) is 11.4 Å². The first-order chi connectivity index (χ1) is 9.47. The first-order valence-electron chi connectivity index (χ1n) is 5.49. The molecule has 0 aliphatic carbocycles. The molecule has 1 aromatic heterocycles. The van der Waals surface area contributed by atoms with Crippen LogP contribution in [0.3, 0.4) is 0 Å². The maximum Gasteiger partial charge on any atom is 0.340 e. The van der Waals surface area contributed by atoms with Crippen LogP contribution in [0.4, 0.5) is 20.0 Å². The molecule has 0 saturated heterocycles. The number of halogens is 1. The number of aromatic nitrogens is 1. The van der Waals surface area contributed by atoms with Crippen LogP contribution in [0.5, 0.6) is 0 Å². The number of benzene rings is 1. The molecule has 2 aromatic rings. The molecule has 0 bridgehead atoms. The smallest absolute Gasteiger partial charge is 0.340 e. The third kappa shape index (κ3) is 3.09. The molecule has 0 aliphatic rings. The molecule has 0 saturated carbocycles. The van der Waals surface area contributed by atoms with Crippen LogP contribution in [-0.4, -0.2) is 22.1 Å². The number of anilines is 2. The number of urea groups is 1. The monoisotopic (exact) mass is 295 g/mol. The van der Waals surface area contributed by atoms with E-state index in [1.165, 1.54) is 23.5 Å². The molecule has 20 heavy (non-hydrogen) atoms. The van der Waals surface area contributed by atoms with Crippen molar-refractivity contribution in [2.75, 3.05) is 10.6 Å². The Morgan fingerprint density at radius 3 is 2.70 bits per heavy atom. The average Bonchev–Trinajstić information content (AvgIpc) is 2.74. The Morgan fingerprint density at radius 1 is 1.35 bits per heavy atom. The van der Waals surface area contributed by atoms with Crippen LogP contribution >= 0.6 is 11.3 Å². The molecule has 0 spiro atoms. The lowest BCUT2D eigenvalue weighted by Gasteiger charge is -2.09. The van der Waals surface area contributed by atoms with Crippen LogP contribution in [-0.2, 0) is 0 Å². The van der Waals surface area contributed by atoms with Gasteiger partial charge in [-0.05, 0) is 19.1 Å². The first kappa shape index (κ1) is 13.9. The number of thiazole rings is 1. The van der Waals surface area contributed by atoms with Gasteiger partial charge in [0.05, 0.1) is 11.4 Å². The van der Waals surface area contributed by atoms with Crippen molar-refractivity contribution >= 4 is 34.2 Å². The van der Waals surface area contributed by atoms with Gasteiger partial charge in [0, 0.05) is 5.38 Å². The van der Waals surface area contributed by atoms with E-state index >= 15 is 0 Å². The van der Waals surface area contributed by atoms with Gasteiger partial charge in [0.25, 0.3) is 0 Å². The highest BCUT2D eigenvalue weighted by molar-refractivity contribution is 7.13. The summed E-state index contributed by atoms with van der Waals surface area (Å²) >= 11 is 1.23. The summed E-state index contributed by atoms with van der Waals surface area (Å²) < 4.78 is 13.4. The van der Waals surface area contributed by atoms with Crippen molar-refractivity contribution in [3.63, 3.8) is 0 Å². The fraction of sp³-hybridized carbons (Fsp3) is 0.0833. The highest BCUT2D eigenvalue weighted by Gasteiger charge is 2.17. The number of nitrogens with one attached hydrogen (secondary N) is 2. The lowest BCUT2D eigenvalue weighted by atomic mass is 10.1. The van der Waals surface area contributed by atoms with Crippen LogP contribution in [0, 0.1) is 12.7 Å². The summed E-state index contributed by atoms with van der Waals surface area (Å²) in [5, 5.41) is 15.8. The summed E-state index contributed by atoms with van der Waals surface area (Å²) in [7, 11) is 0. The van der Waals surface area contributed by atoms with Crippen LogP contribution in [0.1, 0.15) is 16.1 Å². The standard InChI is InChI=1S/C12H10FN3O3S/c1-6-5-20-12(14-6)16-11(19)15-8-4-2-3-7(13)9(8)10(17)18/h2-5H,1H3,(H,17,18)(H2,14,15,16,19). The summed E-state index contributed by atoms with van der Waals surface area (Å²) in [6.45, 7) is 1.77. The minimum absolute atomic E-state index is 0.122. The number of aryl methyl sites for hydroxylation is 1. The molecule has 2 amide bonds. The van der Waals surface area contributed by atoms with Crippen LogP contribution in [0.25, 0.3) is 0 Å². The Kier molecular flexibility index (Phi) is 3.94. The number of rotatable bonds is 3. The molecule has 6 nitrogen and oxygen atoms in total. The topological polar surface area (TPSA) is 91.3 Å². The molecule has 3 N–H and O–H groups in total. The Bertz CT molecular complexity index is 672. The largest absolute Gasteiger partial charge is 0.478 e. The highest BCUT2D eigenvalue weighted by Crippen LogP contribution is 2.20. The van der Waals surface area contributed by atoms with E-state index < -0.39 is 23.4 Å². The number of carboxylic acid groups (broad SMARTS) is 1. The number of carboxylic acids is 1. The second-order valence-electron chi connectivity index (χ2n) is 3.84. The fourth-order valence-corrected chi connectivity index (χ4v) is 2.19. The van der Waals surface area contributed by atoms with E-state index in [2.05, 4.69) is 15.6 Å². The van der Waals surface area contributed by atoms with Crippen molar-refractivity contribution in [3.8, 4) is 0 Å². The van der Waals surface area contributed by atoms with E-state index in [1.807, 2.05) is 0 Å². The number of hydrogen-bond acceptors (Lipinski definition) is 4. The zero-order valence-corrected chi connectivity index (χ0v) is 11.1. The Labute approximate surface area is 117 Å². The molecular formula is C12H10FN3O3S. The Balaban J connectivity index is 2.16. The van der Waals surface area contributed by atoms with E-state index in [9.17, 15) is 14.0 Å². The maximum atomic E-state index is 13.4. The average molecular weight is 295 g/mol. The number of carbonyl (C=O) groups is 2. The van der Waals surface area contributed by atoms with E-state index in [-0.39, 0.29) is 5.69 Å². The van der Waals surface area contributed by atoms with Gasteiger partial charge >= 0.3 is 12.0 Å². The van der Waals surface area contributed by atoms with Crippen molar-refractivity contribution in [1.29, 1.82) is 0 Å². The summed E-state index contributed by atoms with van der Waals surface area (Å²) in [6.07, 6.45) is 0. The minimum Gasteiger partial charge on any atom is -0.478 e. The number of amides is 2. The van der Waals surface area contributed by atoms with Crippen LogP contribution in [0.15, 0.2) is 23.6 Å². The van der Waals surface area contributed by atoms with Crippen molar-refractivity contribution < 1.29 is 19.1 Å². The molecule has 8 heteroatoms. The quantitative estimate of drug-likeness (QED) is 0.812. The SMILES string of the molecule is Cc1csc(NC(=O)Nc2cccc(F)c2C(=O)O)n1. The molecule has 0 fully saturated rings. The van der Waals surface area contributed by atoms with Crippen molar-refractivity contribution in [3.05, 3.63) is 40.7 Å². The van der Waals surface area contributed by atoms with Crippen LogP contribution in [0.2, 0.25) is 0 Å². The van der Waals surface area contributed by atoms with E-state index in [4.69, 9.17) is 5.11 Å². The third-order valence-electron chi connectivity index (χ3n) is 2.32. The Hall–Kier alpha value is -2.48. The molecule has 2 rings (SSSR count). The first-order valence-corrected chi connectivity index (χ1v) is 6.37. The van der Waals surface area contributed by atoms with Gasteiger partial charge in [-0.1, -0.05) is 6.07 Å². The van der Waals surface area contributed by atoms with Crippen molar-refractivity contribution in [2.45, 2.75) is 6.92 Å². The highest BCUT2D eigenvalue weighted by atomic mass is 32.1. The third-order valence-corrected chi connectivity index (χ3v) is 3.19. The predicted molar refractivity (Wildman–Crippen MR) is 72.9 cm³/mol. The van der Waals surface area contributed by atoms with E-state index in [1.54, 1.807) is 12.3 Å². The summed E-state index contributed by atoms with van der Waals surface area (Å²) in [5.74, 6) is -2.37. The second-order valence-corrected chi connectivity index (χ2v) is 4.70. The van der Waals surface area contributed by atoms with E-state index in [0.29, 0.717) is 5.13 Å². The zero-order valence-electron chi connectivity index (χ0n) is 10.3. The van der Waals surface area contributed by atoms with Gasteiger partial charge in [-0.15, -0.1) is 11.3 Å². The molecule has 0 aliphatic heterocycles. The zero-order chi connectivity index (χ0) is 14.7. The summed E-state index contributed by atoms with van der Waals surface area (Å²) in [4.78, 5) is 26.7. The second kappa shape index (κ2) is 5.66. The molecule has 104 valence electrons. The van der Waals surface area contributed by atoms with Crippen molar-refractivity contribution in [1.82, 2.24) is 4.98 Å². The predicted octanol–water partition coefficient (Wildman–Crippen LogP) is 2.93. The number of carbonyl (C=O) groups excluding carboxylic acids is 1. The molecule has 0 unspecified atom stereocenters. The molecule has 1 heterocycles. The summed E-state index contributed by atoms with van der Waals surface area (Å²) in [6, 6.07) is 2.94. The summed E-state index contributed by atoms with van der Waals surface area (Å²) in [5.41, 5.74) is 0.0449. The van der Waals surface area contributed by atoms with Crippen molar-refractivity contribution in [2.24, 2.45) is 0 Å². The number of aromatic carboxylic acids is 1. The maximum absolute atomic E-state index is 13.4. The molecule has 1 aromatic carbocycles. The normalized spacial score (nSPS) is 10.1. The van der Waals surface area contributed by atoms with Gasteiger partial charge in [0.2, 0.25) is 0 Å². The molecular weight excluding hydrogens is 285 g/mol. The van der Waals surface area contributed by atoms with Gasteiger partial charge < -0.3 is 10.4 Å². The van der Waals surface area contributed by atoms with Crippen LogP contribution < -0.4 is 10.6 Å². The number of nitrogens with zero attached hydrogens (tertiary/aromatic N) is 1. The van der Waals surface area contributed by atoms with Gasteiger partial charge in [0.15, 0.2) is 5.13 Å².